The molecule has 0 aliphatic rings. The highest BCUT2D eigenvalue weighted by Crippen LogP contribution is 2.25. The Morgan fingerprint density at radius 2 is 2.28 bits per heavy atom. The number of hydrogen-bond donors (Lipinski definition) is 1. The lowest BCUT2D eigenvalue weighted by Crippen LogP contribution is -2.25. The van der Waals surface area contributed by atoms with Crippen LogP contribution < -0.4 is 0 Å². The third-order valence-corrected chi connectivity index (χ3v) is 3.17. The fourth-order valence-electron chi connectivity index (χ4n) is 2.05. The van der Waals surface area contributed by atoms with Gasteiger partial charge in [-0.2, -0.15) is 0 Å². The highest BCUT2D eigenvalue weighted by molar-refractivity contribution is 7.71. The Bertz CT molecular complexity index is 630. The Kier molecular flexibility index (Phi) is 3.47. The molecule has 1 N–H and O–H groups in total. The Morgan fingerprint density at radius 1 is 1.56 bits per heavy atom. The van der Waals surface area contributed by atoms with Crippen molar-refractivity contribution in [2.45, 2.75) is 19.9 Å². The Labute approximate surface area is 110 Å². The van der Waals surface area contributed by atoms with Crippen LogP contribution >= 0.6 is 12.2 Å². The molecule has 0 saturated heterocycles. The van der Waals surface area contributed by atoms with E-state index in [4.69, 9.17) is 17.0 Å². The first kappa shape index (κ1) is 12.8. The van der Waals surface area contributed by atoms with Gasteiger partial charge in [0, 0.05) is 6.20 Å². The molecule has 0 aliphatic carbocycles. The zero-order valence-corrected chi connectivity index (χ0v) is 11.3. The second kappa shape index (κ2) is 4.89. The van der Waals surface area contributed by atoms with E-state index in [1.54, 1.807) is 17.0 Å². The molecule has 5 nitrogen and oxygen atoms in total. The van der Waals surface area contributed by atoms with Gasteiger partial charge in [-0.3, -0.25) is 4.98 Å². The summed E-state index contributed by atoms with van der Waals surface area (Å²) in [6.45, 7) is 3.92. The average molecular weight is 265 g/mol. The largest absolute Gasteiger partial charge is 0.467 e. The van der Waals surface area contributed by atoms with E-state index in [9.17, 15) is 4.79 Å². The first-order chi connectivity index (χ1) is 8.56. The van der Waals surface area contributed by atoms with Crippen molar-refractivity contribution < 1.29 is 9.53 Å². The molecule has 18 heavy (non-hydrogen) atoms. The number of pyridine rings is 1. The molecule has 1 atom stereocenters. The van der Waals surface area contributed by atoms with Crippen LogP contribution in [0.25, 0.3) is 11.0 Å². The quantitative estimate of drug-likeness (QED) is 0.684. The van der Waals surface area contributed by atoms with Crippen molar-refractivity contribution in [2.75, 3.05) is 7.11 Å². The number of imidazole rings is 1. The van der Waals surface area contributed by atoms with Crippen LogP contribution in [0.1, 0.15) is 19.9 Å². The molecule has 0 spiro atoms. The summed E-state index contributed by atoms with van der Waals surface area (Å²) < 4.78 is 7.16. The second-order valence-electron chi connectivity index (χ2n) is 4.40. The smallest absolute Gasteiger partial charge is 0.329 e. The Hall–Kier alpha value is -1.69. The van der Waals surface area contributed by atoms with Crippen LogP contribution in [0.2, 0.25) is 0 Å². The number of H-pyrrole nitrogens is 1. The molecular formula is C12H15N3O2S. The van der Waals surface area contributed by atoms with Gasteiger partial charge in [0.15, 0.2) is 4.77 Å². The third-order valence-electron chi connectivity index (χ3n) is 2.87. The molecule has 1 unspecified atom stereocenters. The molecule has 96 valence electrons. The molecule has 2 heterocycles. The van der Waals surface area contributed by atoms with Crippen molar-refractivity contribution in [2.24, 2.45) is 5.92 Å². The van der Waals surface area contributed by atoms with Gasteiger partial charge >= 0.3 is 5.97 Å². The Morgan fingerprint density at radius 3 is 2.89 bits per heavy atom. The summed E-state index contributed by atoms with van der Waals surface area (Å²) in [6, 6.07) is 1.40. The maximum absolute atomic E-state index is 11.9. The number of aromatic amines is 1. The van der Waals surface area contributed by atoms with E-state index in [1.807, 2.05) is 19.9 Å². The molecule has 2 rings (SSSR count). The van der Waals surface area contributed by atoms with Crippen LogP contribution in [0.15, 0.2) is 18.5 Å². The SMILES string of the molecule is COC(=O)C(C(C)C)n1c(=S)[nH]c2cnccc21. The minimum Gasteiger partial charge on any atom is -0.467 e. The summed E-state index contributed by atoms with van der Waals surface area (Å²) in [5.74, 6) is -0.213. The van der Waals surface area contributed by atoms with Crippen molar-refractivity contribution >= 4 is 29.2 Å². The molecule has 0 fully saturated rings. The van der Waals surface area contributed by atoms with Crippen LogP contribution in [0, 0.1) is 10.7 Å². The topological polar surface area (TPSA) is 59.9 Å². The van der Waals surface area contributed by atoms with E-state index in [2.05, 4.69) is 9.97 Å². The number of methoxy groups -OCH3 is 1. The van der Waals surface area contributed by atoms with Crippen molar-refractivity contribution in [3.8, 4) is 0 Å². The number of carbonyl (C=O) groups excluding carboxylic acids is 1. The van der Waals surface area contributed by atoms with Crippen LogP contribution in [-0.2, 0) is 9.53 Å². The molecule has 0 aromatic carbocycles. The lowest BCUT2D eigenvalue weighted by molar-refractivity contribution is -0.145. The van der Waals surface area contributed by atoms with E-state index in [0.717, 1.165) is 11.0 Å². The minimum atomic E-state index is -0.432. The average Bonchev–Trinajstić information content (AvgIpc) is 2.66. The monoisotopic (exact) mass is 265 g/mol. The number of nitrogens with one attached hydrogen (secondary N) is 1. The second-order valence-corrected chi connectivity index (χ2v) is 4.79. The summed E-state index contributed by atoms with van der Waals surface area (Å²) in [5, 5.41) is 0. The number of esters is 1. The van der Waals surface area contributed by atoms with Crippen LogP contribution in [0.5, 0.6) is 0 Å². The van der Waals surface area contributed by atoms with Gasteiger partial charge in [0.2, 0.25) is 0 Å². The lowest BCUT2D eigenvalue weighted by Gasteiger charge is -2.20. The molecule has 0 amide bonds. The maximum Gasteiger partial charge on any atom is 0.329 e. The standard InChI is InChI=1S/C12H15N3O2S/c1-7(2)10(11(16)17-3)15-9-4-5-13-6-8(9)14-12(15)18/h4-7,10H,1-3H3,(H,14,18). The van der Waals surface area contributed by atoms with Gasteiger partial charge in [0.1, 0.15) is 6.04 Å². The van der Waals surface area contributed by atoms with Gasteiger partial charge in [0.05, 0.1) is 24.3 Å². The summed E-state index contributed by atoms with van der Waals surface area (Å²) in [4.78, 5) is 19.0. The zero-order chi connectivity index (χ0) is 13.3. The predicted octanol–water partition coefficient (Wildman–Crippen LogP) is 2.46. The molecule has 0 aliphatic heterocycles. The van der Waals surface area contributed by atoms with E-state index in [0.29, 0.717) is 4.77 Å². The van der Waals surface area contributed by atoms with Crippen molar-refractivity contribution in [3.63, 3.8) is 0 Å². The normalized spacial score (nSPS) is 12.9. The molecular weight excluding hydrogens is 250 g/mol. The summed E-state index contributed by atoms with van der Waals surface area (Å²) >= 11 is 5.29. The highest BCUT2D eigenvalue weighted by atomic mass is 32.1. The fraction of sp³-hybridized carbons (Fsp3) is 0.417. The Balaban J connectivity index is 2.68. The van der Waals surface area contributed by atoms with Gasteiger partial charge < -0.3 is 14.3 Å². The number of aromatic nitrogens is 3. The van der Waals surface area contributed by atoms with Crippen molar-refractivity contribution in [1.29, 1.82) is 0 Å². The van der Waals surface area contributed by atoms with Gasteiger partial charge in [-0.05, 0) is 24.2 Å². The maximum atomic E-state index is 11.9. The number of fused-ring (bicyclic) bond motifs is 1. The predicted molar refractivity (Wildman–Crippen MR) is 70.8 cm³/mol. The first-order valence-corrected chi connectivity index (χ1v) is 6.09. The number of rotatable bonds is 3. The van der Waals surface area contributed by atoms with E-state index >= 15 is 0 Å². The van der Waals surface area contributed by atoms with Gasteiger partial charge in [-0.25, -0.2) is 4.79 Å². The van der Waals surface area contributed by atoms with Crippen molar-refractivity contribution in [3.05, 3.63) is 23.2 Å². The molecule has 2 aromatic heterocycles. The van der Waals surface area contributed by atoms with Crippen LogP contribution in [-0.4, -0.2) is 27.6 Å². The van der Waals surface area contributed by atoms with Crippen molar-refractivity contribution in [1.82, 2.24) is 14.5 Å². The lowest BCUT2D eigenvalue weighted by atomic mass is 10.0. The molecule has 0 radical (unpaired) electrons. The van der Waals surface area contributed by atoms with E-state index in [-0.39, 0.29) is 11.9 Å². The van der Waals surface area contributed by atoms with Crippen LogP contribution in [0.4, 0.5) is 0 Å². The molecule has 2 aromatic rings. The number of ether oxygens (including phenoxy) is 1. The highest BCUT2D eigenvalue weighted by Gasteiger charge is 2.27. The van der Waals surface area contributed by atoms with Gasteiger partial charge in [-0.1, -0.05) is 13.8 Å². The van der Waals surface area contributed by atoms with Gasteiger partial charge in [-0.15, -0.1) is 0 Å². The van der Waals surface area contributed by atoms with E-state index in [1.165, 1.54) is 7.11 Å². The van der Waals surface area contributed by atoms with Gasteiger partial charge in [0.25, 0.3) is 0 Å². The molecule has 6 heteroatoms. The number of carbonyl (C=O) groups is 1. The first-order valence-electron chi connectivity index (χ1n) is 5.68. The molecule has 0 bridgehead atoms. The summed E-state index contributed by atoms with van der Waals surface area (Å²) in [7, 11) is 1.39. The molecule has 0 saturated carbocycles. The minimum absolute atomic E-state index is 0.0799. The number of nitrogens with zero attached hydrogens (tertiary/aromatic N) is 2. The van der Waals surface area contributed by atoms with E-state index < -0.39 is 6.04 Å². The summed E-state index contributed by atoms with van der Waals surface area (Å²) in [5.41, 5.74) is 1.68. The third kappa shape index (κ3) is 2.03. The fourth-order valence-corrected chi connectivity index (χ4v) is 2.37. The summed E-state index contributed by atoms with van der Waals surface area (Å²) in [6.07, 6.45) is 3.37. The zero-order valence-electron chi connectivity index (χ0n) is 10.5. The van der Waals surface area contributed by atoms with Crippen LogP contribution in [0.3, 0.4) is 0 Å². The number of hydrogen-bond acceptors (Lipinski definition) is 4.